The van der Waals surface area contributed by atoms with Crippen LogP contribution in [0.3, 0.4) is 0 Å². The predicted molar refractivity (Wildman–Crippen MR) is 137 cm³/mol. The molecule has 3 heterocycles. The molecule has 0 aliphatic carbocycles. The highest BCUT2D eigenvalue weighted by Crippen LogP contribution is 2.38. The quantitative estimate of drug-likeness (QED) is 0.515. The monoisotopic (exact) mass is 510 g/mol. The Bertz CT molecular complexity index is 1270. The largest absolute Gasteiger partial charge is 0.493 e. The van der Waals surface area contributed by atoms with Gasteiger partial charge in [0.2, 0.25) is 11.9 Å². The maximum absolute atomic E-state index is 15.4. The molecule has 0 bridgehead atoms. The Labute approximate surface area is 214 Å². The summed E-state index contributed by atoms with van der Waals surface area (Å²) in [4.78, 5) is 26.1. The van der Waals surface area contributed by atoms with E-state index in [0.29, 0.717) is 44.6 Å². The van der Waals surface area contributed by atoms with Gasteiger partial charge in [-0.3, -0.25) is 4.79 Å². The zero-order valence-corrected chi connectivity index (χ0v) is 20.9. The minimum Gasteiger partial charge on any atom is -0.493 e. The number of amides is 1. The number of hydrogen-bond donors (Lipinski definition) is 2. The molecule has 0 saturated carbocycles. The topological polar surface area (TPSA) is 115 Å². The number of carbonyl (C=O) groups is 1. The lowest BCUT2D eigenvalue weighted by atomic mass is 10.0. The Balaban J connectivity index is 1.48. The number of piperazine rings is 1. The van der Waals surface area contributed by atoms with Gasteiger partial charge in [-0.05, 0) is 11.6 Å². The van der Waals surface area contributed by atoms with Crippen LogP contribution >= 0.6 is 0 Å². The Hall–Kier alpha value is -3.70. The second kappa shape index (κ2) is 10.7. The van der Waals surface area contributed by atoms with Crippen LogP contribution in [-0.2, 0) is 9.53 Å². The number of rotatable bonds is 6. The van der Waals surface area contributed by atoms with Crippen molar-refractivity contribution in [3.05, 3.63) is 47.8 Å². The van der Waals surface area contributed by atoms with Crippen LogP contribution in [0.5, 0.6) is 11.5 Å². The number of methoxy groups -OCH3 is 2. The highest BCUT2D eigenvalue weighted by atomic mass is 19.1. The molecule has 1 aromatic heterocycles. The fraction of sp³-hybridized carbons (Fsp3) is 0.423. The van der Waals surface area contributed by atoms with Crippen LogP contribution in [0.15, 0.2) is 36.4 Å². The fourth-order valence-electron chi connectivity index (χ4n) is 4.95. The summed E-state index contributed by atoms with van der Waals surface area (Å²) in [6.45, 7) is 3.42. The number of anilines is 2. The van der Waals surface area contributed by atoms with Crippen LogP contribution in [0.25, 0.3) is 10.9 Å². The summed E-state index contributed by atoms with van der Waals surface area (Å²) in [6.07, 6.45) is 0.189. The van der Waals surface area contributed by atoms with Gasteiger partial charge in [-0.2, -0.15) is 4.98 Å². The van der Waals surface area contributed by atoms with E-state index >= 15 is 4.39 Å². The van der Waals surface area contributed by atoms with E-state index in [-0.39, 0.29) is 46.8 Å². The summed E-state index contributed by atoms with van der Waals surface area (Å²) in [7, 11) is 2.80. The van der Waals surface area contributed by atoms with E-state index in [1.165, 1.54) is 14.2 Å². The molecular weight excluding hydrogens is 479 g/mol. The molecule has 5 rings (SSSR count). The number of fused-ring (bicyclic) bond motifs is 1. The van der Waals surface area contributed by atoms with Gasteiger partial charge < -0.3 is 35.1 Å². The number of aromatic nitrogens is 2. The first-order valence-corrected chi connectivity index (χ1v) is 12.3. The van der Waals surface area contributed by atoms with E-state index in [1.54, 1.807) is 6.07 Å². The van der Waals surface area contributed by atoms with E-state index < -0.39 is 5.82 Å². The average molecular weight is 511 g/mol. The second-order valence-corrected chi connectivity index (χ2v) is 9.09. The maximum atomic E-state index is 15.4. The van der Waals surface area contributed by atoms with Crippen molar-refractivity contribution < 1.29 is 23.4 Å². The van der Waals surface area contributed by atoms with E-state index in [1.807, 2.05) is 40.1 Å². The lowest BCUT2D eigenvalue weighted by Crippen LogP contribution is -2.52. The third kappa shape index (κ3) is 4.96. The molecule has 11 heteroatoms. The summed E-state index contributed by atoms with van der Waals surface area (Å²) in [5.41, 5.74) is 7.33. The number of hydrogen-bond acceptors (Lipinski definition) is 9. The molecule has 0 spiro atoms. The van der Waals surface area contributed by atoms with Crippen molar-refractivity contribution in [3.8, 4) is 11.5 Å². The number of halogens is 1. The third-order valence-corrected chi connectivity index (χ3v) is 6.87. The summed E-state index contributed by atoms with van der Waals surface area (Å²) >= 11 is 0. The molecule has 10 nitrogen and oxygen atoms in total. The van der Waals surface area contributed by atoms with Crippen LogP contribution in [0.4, 0.5) is 16.2 Å². The number of ether oxygens (including phenoxy) is 3. The highest BCUT2D eigenvalue weighted by Gasteiger charge is 2.34. The SMILES string of the molecule is COc1cc2c(N)nc(N3CCN(C(=O)CC4CNCCO4)C[C@@H]3c3ccccc3)nc2c(F)c1OC. The molecule has 0 radical (unpaired) electrons. The van der Waals surface area contributed by atoms with Crippen LogP contribution in [0.1, 0.15) is 18.0 Å². The minimum absolute atomic E-state index is 0.0381. The number of nitrogens with one attached hydrogen (secondary N) is 1. The molecule has 37 heavy (non-hydrogen) atoms. The first kappa shape index (κ1) is 25.0. The normalized spacial score (nSPS) is 20.2. The summed E-state index contributed by atoms with van der Waals surface area (Å²) in [6, 6.07) is 11.2. The lowest BCUT2D eigenvalue weighted by Gasteiger charge is -2.42. The fourth-order valence-corrected chi connectivity index (χ4v) is 4.95. The Morgan fingerprint density at radius 1 is 1.22 bits per heavy atom. The van der Waals surface area contributed by atoms with Gasteiger partial charge in [0, 0.05) is 38.1 Å². The third-order valence-electron chi connectivity index (χ3n) is 6.87. The van der Waals surface area contributed by atoms with Gasteiger partial charge in [0.1, 0.15) is 11.3 Å². The Kier molecular flexibility index (Phi) is 7.24. The molecule has 2 fully saturated rings. The lowest BCUT2D eigenvalue weighted by molar-refractivity contribution is -0.135. The molecule has 2 aliphatic rings. The Morgan fingerprint density at radius 3 is 2.73 bits per heavy atom. The van der Waals surface area contributed by atoms with Crippen molar-refractivity contribution in [1.82, 2.24) is 20.2 Å². The zero-order valence-electron chi connectivity index (χ0n) is 20.9. The number of carbonyl (C=O) groups excluding carboxylic acids is 1. The van der Waals surface area contributed by atoms with Crippen LogP contribution in [-0.4, -0.2) is 80.4 Å². The molecule has 2 aliphatic heterocycles. The number of benzene rings is 2. The summed E-state index contributed by atoms with van der Waals surface area (Å²) < 4.78 is 31.6. The van der Waals surface area contributed by atoms with Crippen molar-refractivity contribution in [3.63, 3.8) is 0 Å². The van der Waals surface area contributed by atoms with Gasteiger partial charge in [0.25, 0.3) is 0 Å². The molecule has 3 N–H and O–H groups in total. The molecule has 1 unspecified atom stereocenters. The van der Waals surface area contributed by atoms with Gasteiger partial charge in [0.15, 0.2) is 17.3 Å². The molecule has 2 atom stereocenters. The molecule has 2 aromatic carbocycles. The van der Waals surface area contributed by atoms with Crippen molar-refractivity contribution in [2.24, 2.45) is 0 Å². The smallest absolute Gasteiger partial charge is 0.228 e. The van der Waals surface area contributed by atoms with E-state index in [4.69, 9.17) is 19.9 Å². The van der Waals surface area contributed by atoms with Crippen molar-refractivity contribution >= 4 is 28.6 Å². The number of nitrogens with two attached hydrogens (primary N) is 1. The van der Waals surface area contributed by atoms with E-state index in [9.17, 15) is 4.79 Å². The van der Waals surface area contributed by atoms with Crippen molar-refractivity contribution in [2.75, 3.05) is 64.2 Å². The zero-order chi connectivity index (χ0) is 25.9. The van der Waals surface area contributed by atoms with Crippen molar-refractivity contribution in [1.29, 1.82) is 0 Å². The Morgan fingerprint density at radius 2 is 2.03 bits per heavy atom. The van der Waals surface area contributed by atoms with Crippen LogP contribution in [0, 0.1) is 5.82 Å². The van der Waals surface area contributed by atoms with Crippen molar-refractivity contribution in [2.45, 2.75) is 18.6 Å². The number of morpholine rings is 1. The number of nitrogen functional groups attached to an aromatic ring is 1. The molecule has 1 amide bonds. The molecule has 3 aromatic rings. The van der Waals surface area contributed by atoms with Gasteiger partial charge in [-0.1, -0.05) is 30.3 Å². The number of nitrogens with zero attached hydrogens (tertiary/aromatic N) is 4. The highest BCUT2D eigenvalue weighted by molar-refractivity contribution is 5.92. The molecular formula is C26H31FN6O4. The predicted octanol–water partition coefficient (Wildman–Crippen LogP) is 2.14. The first-order chi connectivity index (χ1) is 18.0. The van der Waals surface area contributed by atoms with Crippen LogP contribution in [0.2, 0.25) is 0 Å². The standard InChI is InChI=1S/C26H31FN6O4/c1-35-20-13-18-23(22(27)24(20)36-2)30-26(31-25(18)28)33-10-9-32(15-19(33)16-6-4-3-5-7-16)21(34)12-17-14-29-8-11-37-17/h3-7,13,17,19,29H,8-12,14-15H2,1-2H3,(H2,28,30,31)/t17?,19-/m1/s1. The van der Waals surface area contributed by atoms with Gasteiger partial charge in [-0.25, -0.2) is 9.37 Å². The van der Waals surface area contributed by atoms with Crippen LogP contribution < -0.4 is 25.4 Å². The summed E-state index contributed by atoms with van der Waals surface area (Å²) in [5.74, 6) is -0.0473. The first-order valence-electron chi connectivity index (χ1n) is 12.3. The summed E-state index contributed by atoms with van der Waals surface area (Å²) in [5, 5.41) is 3.60. The van der Waals surface area contributed by atoms with Gasteiger partial charge in [0.05, 0.1) is 39.4 Å². The second-order valence-electron chi connectivity index (χ2n) is 9.09. The average Bonchev–Trinajstić information content (AvgIpc) is 2.94. The maximum Gasteiger partial charge on any atom is 0.228 e. The van der Waals surface area contributed by atoms with E-state index in [2.05, 4.69) is 15.3 Å². The molecule has 2 saturated heterocycles. The van der Waals surface area contributed by atoms with Gasteiger partial charge >= 0.3 is 0 Å². The molecule has 196 valence electrons. The minimum atomic E-state index is -0.668. The van der Waals surface area contributed by atoms with E-state index in [0.717, 1.165) is 12.1 Å². The van der Waals surface area contributed by atoms with Gasteiger partial charge in [-0.15, -0.1) is 0 Å².